The summed E-state index contributed by atoms with van der Waals surface area (Å²) in [6, 6.07) is 0. The molecule has 510 valence electrons. The van der Waals surface area contributed by atoms with Gasteiger partial charge >= 0.3 is 39.5 Å². The predicted molar refractivity (Wildman–Crippen MR) is 344 cm³/mol. The van der Waals surface area contributed by atoms with Gasteiger partial charge in [-0.15, -0.1) is 0 Å². The molecular formula is C67H130O17P2. The van der Waals surface area contributed by atoms with Crippen LogP contribution in [0.2, 0.25) is 0 Å². The van der Waals surface area contributed by atoms with Crippen molar-refractivity contribution in [1.82, 2.24) is 0 Å². The van der Waals surface area contributed by atoms with Crippen LogP contribution in [0.5, 0.6) is 0 Å². The number of rotatable bonds is 64. The van der Waals surface area contributed by atoms with Crippen LogP contribution in [0, 0.1) is 23.7 Å². The lowest BCUT2D eigenvalue weighted by molar-refractivity contribution is -0.161. The highest BCUT2D eigenvalue weighted by Gasteiger charge is 2.30. The van der Waals surface area contributed by atoms with Gasteiger partial charge in [-0.25, -0.2) is 9.13 Å². The van der Waals surface area contributed by atoms with E-state index in [0.29, 0.717) is 37.5 Å². The van der Waals surface area contributed by atoms with E-state index >= 15 is 0 Å². The Morgan fingerprint density at radius 1 is 0.291 bits per heavy atom. The molecule has 0 rings (SSSR count). The van der Waals surface area contributed by atoms with Crippen LogP contribution in [0.4, 0.5) is 0 Å². The number of phosphoric ester groups is 2. The molecule has 17 nitrogen and oxygen atoms in total. The maximum atomic E-state index is 13.0. The van der Waals surface area contributed by atoms with Gasteiger partial charge in [0.15, 0.2) is 12.2 Å². The smallest absolute Gasteiger partial charge is 0.462 e. The Kier molecular flexibility index (Phi) is 55.7. The summed E-state index contributed by atoms with van der Waals surface area (Å²) in [5, 5.41) is 10.5. The van der Waals surface area contributed by atoms with Crippen molar-refractivity contribution in [2.45, 2.75) is 343 Å². The number of ether oxygens (including phenoxy) is 4. The van der Waals surface area contributed by atoms with Gasteiger partial charge in [0, 0.05) is 25.7 Å². The molecule has 0 radical (unpaired) electrons. The zero-order chi connectivity index (χ0) is 63.9. The third-order valence-electron chi connectivity index (χ3n) is 15.3. The Balaban J connectivity index is 5.23. The molecule has 0 saturated heterocycles. The van der Waals surface area contributed by atoms with E-state index < -0.39 is 97.5 Å². The van der Waals surface area contributed by atoms with E-state index in [1.165, 1.54) is 122 Å². The van der Waals surface area contributed by atoms with Gasteiger partial charge in [0.2, 0.25) is 0 Å². The van der Waals surface area contributed by atoms with Crippen molar-refractivity contribution in [3.05, 3.63) is 0 Å². The molecule has 0 amide bonds. The lowest BCUT2D eigenvalue weighted by atomic mass is 10.0. The van der Waals surface area contributed by atoms with E-state index in [-0.39, 0.29) is 25.7 Å². The van der Waals surface area contributed by atoms with Gasteiger partial charge in [-0.05, 0) is 49.4 Å². The van der Waals surface area contributed by atoms with Gasteiger partial charge in [-0.1, -0.05) is 274 Å². The average molecular weight is 1270 g/mol. The molecule has 86 heavy (non-hydrogen) atoms. The summed E-state index contributed by atoms with van der Waals surface area (Å²) < 4.78 is 68.1. The Morgan fingerprint density at radius 2 is 0.488 bits per heavy atom. The molecule has 0 aliphatic rings. The zero-order valence-corrected chi connectivity index (χ0v) is 57.7. The van der Waals surface area contributed by atoms with Crippen molar-refractivity contribution in [3.63, 3.8) is 0 Å². The summed E-state index contributed by atoms with van der Waals surface area (Å²) in [5.41, 5.74) is 0. The van der Waals surface area contributed by atoms with Crippen LogP contribution < -0.4 is 0 Å². The Bertz CT molecular complexity index is 1710. The number of phosphoric acid groups is 2. The van der Waals surface area contributed by atoms with Crippen molar-refractivity contribution in [2.75, 3.05) is 39.6 Å². The number of aliphatic hydroxyl groups excluding tert-OH is 1. The highest BCUT2D eigenvalue weighted by Crippen LogP contribution is 2.45. The fourth-order valence-corrected chi connectivity index (χ4v) is 11.5. The van der Waals surface area contributed by atoms with E-state index in [1.807, 2.05) is 0 Å². The minimum atomic E-state index is -4.95. The van der Waals surface area contributed by atoms with Gasteiger partial charge in [-0.3, -0.25) is 37.3 Å². The second-order valence-corrected chi connectivity index (χ2v) is 29.0. The maximum absolute atomic E-state index is 13.0. The van der Waals surface area contributed by atoms with Gasteiger partial charge in [0.25, 0.3) is 0 Å². The van der Waals surface area contributed by atoms with Crippen molar-refractivity contribution in [2.24, 2.45) is 23.7 Å². The number of hydrogen-bond acceptors (Lipinski definition) is 15. The van der Waals surface area contributed by atoms with Gasteiger partial charge in [0.1, 0.15) is 19.3 Å². The third-order valence-corrected chi connectivity index (χ3v) is 17.2. The third kappa shape index (κ3) is 60.9. The van der Waals surface area contributed by atoms with Crippen molar-refractivity contribution in [1.29, 1.82) is 0 Å². The molecule has 0 aliphatic heterocycles. The summed E-state index contributed by atoms with van der Waals surface area (Å²) in [6.45, 7) is 13.9. The Morgan fingerprint density at radius 3 is 0.721 bits per heavy atom. The first-order valence-electron chi connectivity index (χ1n) is 34.7. The van der Waals surface area contributed by atoms with E-state index in [0.717, 1.165) is 108 Å². The average Bonchev–Trinajstić information content (AvgIpc) is 3.66. The standard InChI is InChI=1S/C67H130O17P2/c1-57(2)43-35-27-19-15-11-9-10-12-17-21-31-39-47-64(69)77-53-62(83-66(71)49-41-33-22-18-14-13-16-20-28-36-44-58(3)4)55-81-85(73,74)79-51-61(68)52-80-86(75,76)82-56-63(84-67(72)50-42-34-26-24-30-38-46-60(7)8)54-78-65(70)48-40-32-25-23-29-37-45-59(5)6/h57-63,68H,9-56H2,1-8H3,(H,73,74)(H,75,76)/t61-,62-,63-/m1/s1. The second-order valence-electron chi connectivity index (χ2n) is 26.1. The van der Waals surface area contributed by atoms with Crippen LogP contribution in [0.1, 0.15) is 325 Å². The van der Waals surface area contributed by atoms with E-state index in [4.69, 9.17) is 37.0 Å². The predicted octanol–water partition coefficient (Wildman–Crippen LogP) is 18.5. The van der Waals surface area contributed by atoms with Crippen LogP contribution >= 0.6 is 15.6 Å². The lowest BCUT2D eigenvalue weighted by Gasteiger charge is -2.21. The topological polar surface area (TPSA) is 237 Å². The number of esters is 4. The molecule has 3 N–H and O–H groups in total. The molecule has 19 heteroatoms. The molecule has 0 aromatic carbocycles. The highest BCUT2D eigenvalue weighted by molar-refractivity contribution is 7.47. The lowest BCUT2D eigenvalue weighted by Crippen LogP contribution is -2.30. The SMILES string of the molecule is CC(C)CCCCCCCCCCCCCCC(=O)OC[C@H](COP(=O)(O)OC[C@@H](O)COP(=O)(O)OC[C@@H](COC(=O)CCCCCCCCC(C)C)OC(=O)CCCCCCCCC(C)C)OC(=O)CCCCCCCCCCCCC(C)C. The van der Waals surface area contributed by atoms with E-state index in [1.54, 1.807) is 0 Å². The molecule has 0 aromatic heterocycles. The molecule has 0 bridgehead atoms. The quantitative estimate of drug-likeness (QED) is 0.0222. The molecule has 0 fully saturated rings. The minimum absolute atomic E-state index is 0.100. The fraction of sp³-hybridized carbons (Fsp3) is 0.940. The fourth-order valence-electron chi connectivity index (χ4n) is 9.96. The molecule has 5 atom stereocenters. The first-order chi connectivity index (χ1) is 41.1. The highest BCUT2D eigenvalue weighted by atomic mass is 31.2. The van der Waals surface area contributed by atoms with Crippen LogP contribution in [0.15, 0.2) is 0 Å². The Hall–Kier alpha value is -1.94. The van der Waals surface area contributed by atoms with Crippen molar-refractivity contribution in [3.8, 4) is 0 Å². The summed E-state index contributed by atoms with van der Waals surface area (Å²) in [5.74, 6) is 0.743. The van der Waals surface area contributed by atoms with Crippen LogP contribution in [-0.4, -0.2) is 96.7 Å². The first-order valence-corrected chi connectivity index (χ1v) is 37.7. The minimum Gasteiger partial charge on any atom is -0.462 e. The van der Waals surface area contributed by atoms with Crippen LogP contribution in [-0.2, 0) is 65.4 Å². The largest absolute Gasteiger partial charge is 0.472 e. The van der Waals surface area contributed by atoms with Crippen molar-refractivity contribution < 1.29 is 80.2 Å². The van der Waals surface area contributed by atoms with Gasteiger partial charge < -0.3 is 33.8 Å². The summed E-state index contributed by atoms with van der Waals surface area (Å²) in [6.07, 6.45) is 37.9. The second kappa shape index (κ2) is 57.0. The molecular weight excluding hydrogens is 1140 g/mol. The zero-order valence-electron chi connectivity index (χ0n) is 55.9. The number of unbranched alkanes of at least 4 members (excludes halogenated alkanes) is 30. The molecule has 2 unspecified atom stereocenters. The van der Waals surface area contributed by atoms with E-state index in [2.05, 4.69) is 55.4 Å². The summed E-state index contributed by atoms with van der Waals surface area (Å²) in [7, 11) is -9.89. The monoisotopic (exact) mass is 1270 g/mol. The maximum Gasteiger partial charge on any atom is 0.472 e. The van der Waals surface area contributed by atoms with Crippen LogP contribution in [0.25, 0.3) is 0 Å². The first kappa shape index (κ1) is 84.1. The van der Waals surface area contributed by atoms with Crippen molar-refractivity contribution >= 4 is 39.5 Å². The summed E-state index contributed by atoms with van der Waals surface area (Å²) in [4.78, 5) is 72.3. The molecule has 0 aliphatic carbocycles. The molecule has 0 aromatic rings. The van der Waals surface area contributed by atoms with Gasteiger partial charge in [-0.2, -0.15) is 0 Å². The summed E-state index contributed by atoms with van der Waals surface area (Å²) >= 11 is 0. The molecule has 0 saturated carbocycles. The molecule has 0 heterocycles. The van der Waals surface area contributed by atoms with E-state index in [9.17, 15) is 43.2 Å². The van der Waals surface area contributed by atoms with Gasteiger partial charge in [0.05, 0.1) is 26.4 Å². The Labute approximate surface area is 524 Å². The van der Waals surface area contributed by atoms with Crippen LogP contribution in [0.3, 0.4) is 0 Å². The number of carbonyl (C=O) groups is 4. The normalized spacial score (nSPS) is 14.4. The number of aliphatic hydroxyl groups is 1. The number of carbonyl (C=O) groups excluding carboxylic acids is 4. The number of hydrogen-bond donors (Lipinski definition) is 3. The molecule has 0 spiro atoms.